The first-order valence-corrected chi connectivity index (χ1v) is 8.60. The van der Waals surface area contributed by atoms with Gasteiger partial charge in [-0.2, -0.15) is 0 Å². The summed E-state index contributed by atoms with van der Waals surface area (Å²) in [4.78, 5) is 17.7. The first-order chi connectivity index (χ1) is 12.1. The maximum absolute atomic E-state index is 13.0. The van der Waals surface area contributed by atoms with Crippen molar-refractivity contribution in [3.05, 3.63) is 40.7 Å². The van der Waals surface area contributed by atoms with Crippen molar-refractivity contribution in [2.75, 3.05) is 11.9 Å². The fourth-order valence-electron chi connectivity index (χ4n) is 2.37. The molecule has 1 amide bonds. The van der Waals surface area contributed by atoms with E-state index in [9.17, 15) is 9.18 Å². The highest BCUT2D eigenvalue weighted by atomic mass is 32.1. The van der Waals surface area contributed by atoms with Gasteiger partial charge in [0, 0.05) is 6.61 Å². The van der Waals surface area contributed by atoms with Crippen LogP contribution in [0.15, 0.2) is 29.4 Å². The number of nitrogens with one attached hydrogen (secondary N) is 1. The van der Waals surface area contributed by atoms with Gasteiger partial charge in [0.1, 0.15) is 17.4 Å². The summed E-state index contributed by atoms with van der Waals surface area (Å²) in [6.07, 6.45) is -0.778. The van der Waals surface area contributed by atoms with Crippen LogP contribution < -0.4 is 5.32 Å². The molecule has 1 aromatic carbocycles. The lowest BCUT2D eigenvalue weighted by Gasteiger charge is -2.13. The van der Waals surface area contributed by atoms with Crippen molar-refractivity contribution >= 4 is 28.1 Å². The molecule has 0 radical (unpaired) electrons. The van der Waals surface area contributed by atoms with Gasteiger partial charge in [-0.15, -0.1) is 10.2 Å². The molecule has 0 unspecified atom stereocenters. The minimum Gasteiger partial charge on any atom is -0.381 e. The highest BCUT2D eigenvalue weighted by molar-refractivity contribution is 7.15. The standard InChI is InChI=1S/C16H17FN4O3S/c1-3-23-8-12-19-20-16(25-12)18-15(22)14-9(2)13(21-24-14)10-4-6-11(17)7-5-10/h4-7,9,14H,3,8H2,1-2H3,(H,18,20,22)/t9-,14+/m1/s1. The number of benzene rings is 1. The molecule has 1 N–H and O–H groups in total. The zero-order valence-electron chi connectivity index (χ0n) is 13.7. The highest BCUT2D eigenvalue weighted by Crippen LogP contribution is 2.25. The lowest BCUT2D eigenvalue weighted by molar-refractivity contribution is -0.127. The molecule has 132 valence electrons. The van der Waals surface area contributed by atoms with E-state index in [-0.39, 0.29) is 17.6 Å². The van der Waals surface area contributed by atoms with Crippen molar-refractivity contribution in [2.24, 2.45) is 11.1 Å². The van der Waals surface area contributed by atoms with E-state index in [0.717, 1.165) is 5.56 Å². The van der Waals surface area contributed by atoms with Crippen molar-refractivity contribution < 1.29 is 18.8 Å². The Morgan fingerprint density at radius 3 is 2.84 bits per heavy atom. The minimum absolute atomic E-state index is 0.277. The smallest absolute Gasteiger partial charge is 0.270 e. The molecule has 0 fully saturated rings. The average Bonchev–Trinajstić information content (AvgIpc) is 3.20. The quantitative estimate of drug-likeness (QED) is 0.851. The highest BCUT2D eigenvalue weighted by Gasteiger charge is 2.37. The molecule has 0 saturated carbocycles. The van der Waals surface area contributed by atoms with Crippen LogP contribution in [0.25, 0.3) is 0 Å². The number of oxime groups is 1. The number of hydrogen-bond acceptors (Lipinski definition) is 7. The van der Waals surface area contributed by atoms with Gasteiger partial charge < -0.3 is 9.57 Å². The molecule has 3 rings (SSSR count). The molecule has 1 aromatic heterocycles. The number of rotatable bonds is 6. The van der Waals surface area contributed by atoms with E-state index < -0.39 is 6.10 Å². The molecule has 0 spiro atoms. The number of carbonyl (C=O) groups is 1. The summed E-state index contributed by atoms with van der Waals surface area (Å²) in [5.41, 5.74) is 1.33. The molecule has 2 heterocycles. The molecule has 1 aliphatic heterocycles. The Hall–Kier alpha value is -2.39. The summed E-state index contributed by atoms with van der Waals surface area (Å²) in [7, 11) is 0. The zero-order chi connectivity index (χ0) is 17.8. The van der Waals surface area contributed by atoms with Crippen molar-refractivity contribution in [1.82, 2.24) is 10.2 Å². The lowest BCUT2D eigenvalue weighted by atomic mass is 9.94. The maximum atomic E-state index is 13.0. The first-order valence-electron chi connectivity index (χ1n) is 7.79. The second-order valence-corrected chi connectivity index (χ2v) is 6.49. The van der Waals surface area contributed by atoms with E-state index in [1.165, 1.54) is 23.5 Å². The molecule has 2 atom stereocenters. The minimum atomic E-state index is -0.778. The van der Waals surface area contributed by atoms with E-state index >= 15 is 0 Å². The molecule has 9 heteroatoms. The number of ether oxygens (including phenoxy) is 1. The van der Waals surface area contributed by atoms with Crippen LogP contribution >= 0.6 is 11.3 Å². The molecular weight excluding hydrogens is 347 g/mol. The van der Waals surface area contributed by atoms with Crippen LogP contribution in [0.4, 0.5) is 9.52 Å². The normalized spacial score (nSPS) is 19.4. The third-order valence-corrected chi connectivity index (χ3v) is 4.49. The molecule has 0 aliphatic carbocycles. The maximum Gasteiger partial charge on any atom is 0.270 e. The van der Waals surface area contributed by atoms with E-state index in [0.29, 0.717) is 29.1 Å². The van der Waals surface area contributed by atoms with Crippen molar-refractivity contribution in [3.63, 3.8) is 0 Å². The summed E-state index contributed by atoms with van der Waals surface area (Å²) in [5.74, 6) is -0.960. The van der Waals surface area contributed by atoms with Crippen LogP contribution in [0.1, 0.15) is 24.4 Å². The molecule has 2 aromatic rings. The Labute approximate surface area is 147 Å². The predicted molar refractivity (Wildman–Crippen MR) is 90.8 cm³/mol. The van der Waals surface area contributed by atoms with Crippen molar-refractivity contribution in [1.29, 1.82) is 0 Å². The number of carbonyl (C=O) groups excluding carboxylic acids is 1. The predicted octanol–water partition coefficient (Wildman–Crippen LogP) is 2.59. The number of nitrogens with zero attached hydrogens (tertiary/aromatic N) is 3. The van der Waals surface area contributed by atoms with E-state index in [4.69, 9.17) is 9.57 Å². The average molecular weight is 364 g/mol. The van der Waals surface area contributed by atoms with Gasteiger partial charge in [-0.25, -0.2) is 4.39 Å². The van der Waals surface area contributed by atoms with Gasteiger partial charge in [-0.1, -0.05) is 35.5 Å². The number of halogens is 1. The van der Waals surface area contributed by atoms with Crippen LogP contribution in [0.3, 0.4) is 0 Å². The fraction of sp³-hybridized carbons (Fsp3) is 0.375. The zero-order valence-corrected chi connectivity index (χ0v) is 14.5. The molecule has 0 saturated heterocycles. The Morgan fingerprint density at radius 1 is 1.36 bits per heavy atom. The van der Waals surface area contributed by atoms with Gasteiger partial charge in [0.15, 0.2) is 0 Å². The molecule has 0 bridgehead atoms. The van der Waals surface area contributed by atoms with Gasteiger partial charge in [-0.05, 0) is 24.6 Å². The topological polar surface area (TPSA) is 85.7 Å². The van der Waals surface area contributed by atoms with Crippen molar-refractivity contribution in [3.8, 4) is 0 Å². The third-order valence-electron chi connectivity index (χ3n) is 3.68. The second-order valence-electron chi connectivity index (χ2n) is 5.43. The number of aromatic nitrogens is 2. The Kier molecular flexibility index (Phi) is 5.34. The molecule has 25 heavy (non-hydrogen) atoms. The largest absolute Gasteiger partial charge is 0.381 e. The Bertz CT molecular complexity index is 778. The number of amides is 1. The monoisotopic (exact) mass is 364 g/mol. The molecule has 1 aliphatic rings. The summed E-state index contributed by atoms with van der Waals surface area (Å²) in [6, 6.07) is 5.91. The second kappa shape index (κ2) is 7.66. The fourth-order valence-corrected chi connectivity index (χ4v) is 3.05. The number of anilines is 1. The van der Waals surface area contributed by atoms with Gasteiger partial charge >= 0.3 is 0 Å². The summed E-state index contributed by atoms with van der Waals surface area (Å²) in [6.45, 7) is 4.66. The van der Waals surface area contributed by atoms with E-state index in [1.807, 2.05) is 13.8 Å². The van der Waals surface area contributed by atoms with Gasteiger partial charge in [0.25, 0.3) is 5.91 Å². The van der Waals surface area contributed by atoms with Crippen LogP contribution in [0.2, 0.25) is 0 Å². The molecular formula is C16H17FN4O3S. The SMILES string of the molecule is CCOCc1nnc(NC(=O)[C@H]2ON=C(c3ccc(F)cc3)[C@H]2C)s1. The van der Waals surface area contributed by atoms with E-state index in [1.54, 1.807) is 12.1 Å². The van der Waals surface area contributed by atoms with Crippen LogP contribution in [-0.2, 0) is 21.0 Å². The van der Waals surface area contributed by atoms with Crippen LogP contribution in [-0.4, -0.2) is 34.5 Å². The summed E-state index contributed by atoms with van der Waals surface area (Å²) in [5, 5.41) is 15.6. The Balaban J connectivity index is 1.62. The molecule has 7 nitrogen and oxygen atoms in total. The van der Waals surface area contributed by atoms with Gasteiger partial charge in [-0.3, -0.25) is 10.1 Å². The van der Waals surface area contributed by atoms with Crippen LogP contribution in [0, 0.1) is 11.7 Å². The Morgan fingerprint density at radius 2 is 2.12 bits per heavy atom. The van der Waals surface area contributed by atoms with Crippen LogP contribution in [0.5, 0.6) is 0 Å². The number of hydrogen-bond donors (Lipinski definition) is 1. The summed E-state index contributed by atoms with van der Waals surface area (Å²) < 4.78 is 18.3. The van der Waals surface area contributed by atoms with Gasteiger partial charge in [0.05, 0.1) is 11.6 Å². The third kappa shape index (κ3) is 3.99. The van der Waals surface area contributed by atoms with E-state index in [2.05, 4.69) is 20.7 Å². The first kappa shape index (κ1) is 17.4. The summed E-state index contributed by atoms with van der Waals surface area (Å²) >= 11 is 1.25. The van der Waals surface area contributed by atoms with Gasteiger partial charge in [0.2, 0.25) is 11.2 Å². The van der Waals surface area contributed by atoms with Crippen molar-refractivity contribution in [2.45, 2.75) is 26.6 Å². The lowest BCUT2D eigenvalue weighted by Crippen LogP contribution is -2.34.